The molecular formula is C12H17N3O. The Balaban J connectivity index is 1.88. The summed E-state index contributed by atoms with van der Waals surface area (Å²) in [5.74, 6) is 0.136. The van der Waals surface area contributed by atoms with E-state index in [4.69, 9.17) is 0 Å². The standard InChI is InChI=1S/C12H17N3O/c16-12(15-7-3-4-8-15)11-9-5-1-2-6-10(9)13-14-11/h1-8H2,(H,13,14). The molecule has 16 heavy (non-hydrogen) atoms. The molecule has 1 aromatic rings. The molecule has 1 fully saturated rings. The predicted octanol–water partition coefficient (Wildman–Crippen LogP) is 1.52. The van der Waals surface area contributed by atoms with Crippen molar-refractivity contribution in [2.24, 2.45) is 0 Å². The summed E-state index contributed by atoms with van der Waals surface area (Å²) in [5, 5.41) is 7.26. The van der Waals surface area contributed by atoms with E-state index in [0.717, 1.165) is 38.8 Å². The molecule has 0 saturated carbocycles. The van der Waals surface area contributed by atoms with Crippen molar-refractivity contribution in [2.75, 3.05) is 13.1 Å². The highest BCUT2D eigenvalue weighted by Gasteiger charge is 2.26. The van der Waals surface area contributed by atoms with E-state index in [0.29, 0.717) is 5.69 Å². The lowest BCUT2D eigenvalue weighted by Crippen LogP contribution is -2.29. The smallest absolute Gasteiger partial charge is 0.274 e. The van der Waals surface area contributed by atoms with Crippen LogP contribution >= 0.6 is 0 Å². The second-order valence-electron chi connectivity index (χ2n) is 4.74. The van der Waals surface area contributed by atoms with E-state index in [2.05, 4.69) is 10.2 Å². The second-order valence-corrected chi connectivity index (χ2v) is 4.74. The number of hydrogen-bond donors (Lipinski definition) is 1. The molecule has 86 valence electrons. The van der Waals surface area contributed by atoms with E-state index in [1.165, 1.54) is 24.1 Å². The zero-order chi connectivity index (χ0) is 11.0. The Morgan fingerprint density at radius 1 is 1.12 bits per heavy atom. The third-order valence-electron chi connectivity index (χ3n) is 3.65. The van der Waals surface area contributed by atoms with E-state index < -0.39 is 0 Å². The van der Waals surface area contributed by atoms with E-state index in [1.807, 2.05) is 4.90 Å². The van der Waals surface area contributed by atoms with Crippen LogP contribution in [0.4, 0.5) is 0 Å². The molecule has 2 heterocycles. The minimum Gasteiger partial charge on any atom is -0.337 e. The van der Waals surface area contributed by atoms with Gasteiger partial charge in [0.2, 0.25) is 0 Å². The summed E-state index contributed by atoms with van der Waals surface area (Å²) < 4.78 is 0. The Labute approximate surface area is 95.0 Å². The van der Waals surface area contributed by atoms with Crippen LogP contribution in [-0.4, -0.2) is 34.1 Å². The minimum absolute atomic E-state index is 0.136. The second kappa shape index (κ2) is 3.92. The average Bonchev–Trinajstić information content (AvgIpc) is 2.98. The third kappa shape index (κ3) is 1.52. The van der Waals surface area contributed by atoms with Crippen LogP contribution in [0.3, 0.4) is 0 Å². The van der Waals surface area contributed by atoms with Gasteiger partial charge in [-0.05, 0) is 38.5 Å². The van der Waals surface area contributed by atoms with E-state index in [1.54, 1.807) is 0 Å². The lowest BCUT2D eigenvalue weighted by molar-refractivity contribution is 0.0786. The fourth-order valence-electron chi connectivity index (χ4n) is 2.73. The number of aromatic amines is 1. The summed E-state index contributed by atoms with van der Waals surface area (Å²) in [7, 11) is 0. The highest BCUT2D eigenvalue weighted by molar-refractivity contribution is 5.94. The van der Waals surface area contributed by atoms with Gasteiger partial charge < -0.3 is 4.90 Å². The van der Waals surface area contributed by atoms with Crippen LogP contribution in [0.15, 0.2) is 0 Å². The fourth-order valence-corrected chi connectivity index (χ4v) is 2.73. The van der Waals surface area contributed by atoms with Crippen molar-refractivity contribution < 1.29 is 4.79 Å². The largest absolute Gasteiger partial charge is 0.337 e. The Morgan fingerprint density at radius 3 is 2.69 bits per heavy atom. The molecule has 1 amide bonds. The Morgan fingerprint density at radius 2 is 1.88 bits per heavy atom. The number of nitrogens with one attached hydrogen (secondary N) is 1. The summed E-state index contributed by atoms with van der Waals surface area (Å²) in [6.45, 7) is 1.81. The molecule has 0 atom stereocenters. The molecule has 1 N–H and O–H groups in total. The van der Waals surface area contributed by atoms with Gasteiger partial charge in [0.25, 0.3) is 5.91 Å². The van der Waals surface area contributed by atoms with Crippen LogP contribution in [0.25, 0.3) is 0 Å². The van der Waals surface area contributed by atoms with Gasteiger partial charge in [0.05, 0.1) is 0 Å². The number of aryl methyl sites for hydroxylation is 1. The van der Waals surface area contributed by atoms with Crippen molar-refractivity contribution in [3.63, 3.8) is 0 Å². The van der Waals surface area contributed by atoms with Crippen molar-refractivity contribution in [1.29, 1.82) is 0 Å². The SMILES string of the molecule is O=C(c1n[nH]c2c1CCCC2)N1CCCC1. The molecule has 1 saturated heterocycles. The van der Waals surface area contributed by atoms with E-state index in [-0.39, 0.29) is 5.91 Å². The van der Waals surface area contributed by atoms with Gasteiger partial charge in [-0.25, -0.2) is 0 Å². The molecular weight excluding hydrogens is 202 g/mol. The highest BCUT2D eigenvalue weighted by Crippen LogP contribution is 2.24. The Kier molecular flexibility index (Phi) is 2.42. The number of aromatic nitrogens is 2. The Hall–Kier alpha value is -1.32. The minimum atomic E-state index is 0.136. The van der Waals surface area contributed by atoms with Crippen LogP contribution in [0.1, 0.15) is 47.4 Å². The van der Waals surface area contributed by atoms with Gasteiger partial charge in [-0.2, -0.15) is 5.10 Å². The van der Waals surface area contributed by atoms with Gasteiger partial charge in [-0.3, -0.25) is 9.89 Å². The first-order chi connectivity index (χ1) is 7.86. The number of likely N-dealkylation sites (tertiary alicyclic amines) is 1. The molecule has 1 aliphatic heterocycles. The topological polar surface area (TPSA) is 49.0 Å². The highest BCUT2D eigenvalue weighted by atomic mass is 16.2. The lowest BCUT2D eigenvalue weighted by atomic mass is 9.95. The predicted molar refractivity (Wildman–Crippen MR) is 60.4 cm³/mol. The summed E-state index contributed by atoms with van der Waals surface area (Å²) in [6, 6.07) is 0. The lowest BCUT2D eigenvalue weighted by Gasteiger charge is -2.16. The van der Waals surface area contributed by atoms with E-state index >= 15 is 0 Å². The van der Waals surface area contributed by atoms with Crippen LogP contribution in [-0.2, 0) is 12.8 Å². The fraction of sp³-hybridized carbons (Fsp3) is 0.667. The Bertz CT molecular complexity index is 404. The van der Waals surface area contributed by atoms with Gasteiger partial charge in [0.1, 0.15) is 0 Å². The van der Waals surface area contributed by atoms with Crippen molar-refractivity contribution in [2.45, 2.75) is 38.5 Å². The van der Waals surface area contributed by atoms with Gasteiger partial charge in [0, 0.05) is 24.3 Å². The average molecular weight is 219 g/mol. The van der Waals surface area contributed by atoms with Crippen LogP contribution in [0.5, 0.6) is 0 Å². The normalized spacial score (nSPS) is 19.9. The molecule has 0 bridgehead atoms. The number of fused-ring (bicyclic) bond motifs is 1. The molecule has 0 radical (unpaired) electrons. The van der Waals surface area contributed by atoms with Crippen molar-refractivity contribution >= 4 is 5.91 Å². The van der Waals surface area contributed by atoms with Gasteiger partial charge >= 0.3 is 0 Å². The number of hydrogen-bond acceptors (Lipinski definition) is 2. The number of H-pyrrole nitrogens is 1. The summed E-state index contributed by atoms with van der Waals surface area (Å²) in [5.41, 5.74) is 3.06. The number of rotatable bonds is 1. The molecule has 1 aliphatic carbocycles. The maximum atomic E-state index is 12.2. The van der Waals surface area contributed by atoms with Crippen LogP contribution in [0, 0.1) is 0 Å². The van der Waals surface area contributed by atoms with Crippen LogP contribution in [0.2, 0.25) is 0 Å². The zero-order valence-corrected chi connectivity index (χ0v) is 9.46. The first-order valence-corrected chi connectivity index (χ1v) is 6.21. The summed E-state index contributed by atoms with van der Waals surface area (Å²) in [6.07, 6.45) is 6.74. The molecule has 0 spiro atoms. The van der Waals surface area contributed by atoms with Crippen LogP contribution < -0.4 is 0 Å². The van der Waals surface area contributed by atoms with Crippen molar-refractivity contribution in [3.8, 4) is 0 Å². The molecule has 0 aromatic carbocycles. The zero-order valence-electron chi connectivity index (χ0n) is 9.46. The van der Waals surface area contributed by atoms with Gasteiger partial charge in [-0.15, -0.1) is 0 Å². The van der Waals surface area contributed by atoms with Crippen molar-refractivity contribution in [3.05, 3.63) is 17.0 Å². The quantitative estimate of drug-likeness (QED) is 0.778. The number of carbonyl (C=O) groups is 1. The van der Waals surface area contributed by atoms with Gasteiger partial charge in [-0.1, -0.05) is 0 Å². The molecule has 4 heteroatoms. The van der Waals surface area contributed by atoms with Crippen molar-refractivity contribution in [1.82, 2.24) is 15.1 Å². The monoisotopic (exact) mass is 219 g/mol. The molecule has 4 nitrogen and oxygen atoms in total. The first-order valence-electron chi connectivity index (χ1n) is 6.21. The summed E-state index contributed by atoms with van der Waals surface area (Å²) in [4.78, 5) is 14.2. The van der Waals surface area contributed by atoms with E-state index in [9.17, 15) is 4.79 Å². The number of amides is 1. The first kappa shape index (κ1) is 9.87. The summed E-state index contributed by atoms with van der Waals surface area (Å²) >= 11 is 0. The maximum absolute atomic E-state index is 12.2. The molecule has 0 unspecified atom stereocenters. The van der Waals surface area contributed by atoms with Gasteiger partial charge in [0.15, 0.2) is 5.69 Å². The number of carbonyl (C=O) groups excluding carboxylic acids is 1. The third-order valence-corrected chi connectivity index (χ3v) is 3.65. The molecule has 1 aromatic heterocycles. The molecule has 3 rings (SSSR count). The number of nitrogens with zero attached hydrogens (tertiary/aromatic N) is 2. The maximum Gasteiger partial charge on any atom is 0.274 e. The molecule has 2 aliphatic rings.